The van der Waals surface area contributed by atoms with Crippen molar-refractivity contribution in [1.29, 1.82) is 0 Å². The molecule has 0 spiro atoms. The van der Waals surface area contributed by atoms with Crippen LogP contribution in [0.2, 0.25) is 0 Å². The van der Waals surface area contributed by atoms with Gasteiger partial charge in [-0.1, -0.05) is 19.1 Å². The van der Waals surface area contributed by atoms with Crippen molar-refractivity contribution in [3.63, 3.8) is 0 Å². The molecule has 1 aliphatic rings. The van der Waals surface area contributed by atoms with E-state index in [1.165, 1.54) is 12.1 Å². The summed E-state index contributed by atoms with van der Waals surface area (Å²) < 4.78 is 22.5. The molecule has 8 heteroatoms. The number of likely N-dealkylation sites (N-methyl/N-ethyl adjacent to an activating group) is 1. The molecule has 134 valence electrons. The number of amides is 1. The van der Waals surface area contributed by atoms with Crippen molar-refractivity contribution in [2.45, 2.75) is 31.3 Å². The lowest BCUT2D eigenvalue weighted by molar-refractivity contribution is -0.134. The van der Waals surface area contributed by atoms with Crippen LogP contribution in [0.15, 0.2) is 29.2 Å². The number of hydrogen-bond acceptors (Lipinski definition) is 5. The molecule has 1 amide bonds. The van der Waals surface area contributed by atoms with Crippen LogP contribution in [0, 0.1) is 0 Å². The van der Waals surface area contributed by atoms with Crippen molar-refractivity contribution in [3.05, 3.63) is 29.8 Å². The van der Waals surface area contributed by atoms with Crippen molar-refractivity contribution in [3.8, 4) is 0 Å². The summed E-state index contributed by atoms with van der Waals surface area (Å²) in [5.74, 6) is 0.104. The summed E-state index contributed by atoms with van der Waals surface area (Å²) >= 11 is 0. The molecule has 24 heavy (non-hydrogen) atoms. The Labute approximate surface area is 143 Å². The molecular weight excluding hydrogens is 328 g/mol. The number of nitrogens with two attached hydrogens (primary N) is 1. The van der Waals surface area contributed by atoms with Gasteiger partial charge in [-0.15, -0.1) is 0 Å². The molecule has 1 aromatic carbocycles. The minimum Gasteiger partial charge on any atom is -0.339 e. The summed E-state index contributed by atoms with van der Waals surface area (Å²) in [4.78, 5) is 16.8. The lowest BCUT2D eigenvalue weighted by Gasteiger charge is -2.35. The van der Waals surface area contributed by atoms with Gasteiger partial charge in [0, 0.05) is 32.7 Å². The molecule has 0 bridgehead atoms. The van der Waals surface area contributed by atoms with Crippen molar-refractivity contribution >= 4 is 15.9 Å². The number of primary sulfonamides is 1. The Kier molecular flexibility index (Phi) is 6.34. The molecule has 3 N–H and O–H groups in total. The number of carbonyl (C=O) groups is 1. The van der Waals surface area contributed by atoms with Crippen LogP contribution in [0.25, 0.3) is 0 Å². The Morgan fingerprint density at radius 2 is 1.79 bits per heavy atom. The van der Waals surface area contributed by atoms with Gasteiger partial charge in [0.25, 0.3) is 0 Å². The van der Waals surface area contributed by atoms with Gasteiger partial charge in [-0.3, -0.25) is 4.79 Å². The van der Waals surface area contributed by atoms with Gasteiger partial charge < -0.3 is 15.1 Å². The maximum atomic E-state index is 12.4. The number of nitrogens with one attached hydrogen (secondary N) is 1. The zero-order valence-corrected chi connectivity index (χ0v) is 15.1. The highest BCUT2D eigenvalue weighted by atomic mass is 32.2. The summed E-state index contributed by atoms with van der Waals surface area (Å²) in [6.07, 6.45) is 0. The van der Waals surface area contributed by atoms with Crippen molar-refractivity contribution in [2.75, 3.05) is 32.7 Å². The summed E-state index contributed by atoms with van der Waals surface area (Å²) in [5, 5.41) is 8.27. The first-order valence-corrected chi connectivity index (χ1v) is 9.72. The molecule has 1 fully saturated rings. The molecule has 0 saturated carbocycles. The summed E-state index contributed by atoms with van der Waals surface area (Å²) in [5.41, 5.74) is 0.901. The van der Waals surface area contributed by atoms with Gasteiger partial charge in [0.05, 0.1) is 10.9 Å². The van der Waals surface area contributed by atoms with E-state index < -0.39 is 10.0 Å². The molecule has 1 atom stereocenters. The van der Waals surface area contributed by atoms with E-state index in [1.807, 2.05) is 11.8 Å². The fourth-order valence-corrected chi connectivity index (χ4v) is 3.23. The van der Waals surface area contributed by atoms with Crippen LogP contribution in [-0.4, -0.2) is 62.9 Å². The number of hydrogen-bond donors (Lipinski definition) is 2. The van der Waals surface area contributed by atoms with E-state index in [4.69, 9.17) is 5.14 Å². The monoisotopic (exact) mass is 354 g/mol. The first-order chi connectivity index (χ1) is 11.3. The van der Waals surface area contributed by atoms with E-state index in [9.17, 15) is 13.2 Å². The van der Waals surface area contributed by atoms with Crippen LogP contribution in [0.5, 0.6) is 0 Å². The van der Waals surface area contributed by atoms with E-state index in [2.05, 4.69) is 17.1 Å². The van der Waals surface area contributed by atoms with E-state index >= 15 is 0 Å². The van der Waals surface area contributed by atoms with Gasteiger partial charge in [-0.25, -0.2) is 13.6 Å². The van der Waals surface area contributed by atoms with Gasteiger partial charge >= 0.3 is 0 Å². The Morgan fingerprint density at radius 1 is 1.21 bits per heavy atom. The van der Waals surface area contributed by atoms with E-state index in [0.29, 0.717) is 6.54 Å². The van der Waals surface area contributed by atoms with Crippen LogP contribution >= 0.6 is 0 Å². The number of nitrogens with zero attached hydrogens (tertiary/aromatic N) is 2. The van der Waals surface area contributed by atoms with Crippen LogP contribution in [-0.2, 0) is 21.4 Å². The molecule has 1 unspecified atom stereocenters. The number of piperazine rings is 1. The Hall–Kier alpha value is -1.48. The highest BCUT2D eigenvalue weighted by Gasteiger charge is 2.23. The van der Waals surface area contributed by atoms with Crippen molar-refractivity contribution in [1.82, 2.24) is 15.1 Å². The Balaban J connectivity index is 1.84. The standard InChI is InChI=1S/C16H26N4O3S/c1-3-19-8-10-20(11-9-19)16(21)13(2)18-12-14-4-6-15(7-5-14)24(17,22)23/h4-7,13,18H,3,8-12H2,1-2H3,(H2,17,22,23). The third-order valence-corrected chi connectivity index (χ3v) is 5.30. The average molecular weight is 354 g/mol. The maximum Gasteiger partial charge on any atom is 0.239 e. The lowest BCUT2D eigenvalue weighted by atomic mass is 10.2. The number of carbonyl (C=O) groups excluding carboxylic acids is 1. The minimum atomic E-state index is -3.67. The summed E-state index contributed by atoms with van der Waals surface area (Å²) in [6.45, 7) is 8.87. The van der Waals surface area contributed by atoms with E-state index in [0.717, 1.165) is 38.3 Å². The molecular formula is C16H26N4O3S. The highest BCUT2D eigenvalue weighted by Crippen LogP contribution is 2.09. The maximum absolute atomic E-state index is 12.4. The summed E-state index contributed by atoms with van der Waals surface area (Å²) in [6, 6.07) is 6.07. The first-order valence-electron chi connectivity index (χ1n) is 8.17. The van der Waals surface area contributed by atoms with E-state index in [1.54, 1.807) is 12.1 Å². The molecule has 1 aliphatic heterocycles. The van der Waals surface area contributed by atoms with Gasteiger partial charge in [0.2, 0.25) is 15.9 Å². The van der Waals surface area contributed by atoms with E-state index in [-0.39, 0.29) is 16.8 Å². The third-order valence-electron chi connectivity index (χ3n) is 4.37. The SMILES string of the molecule is CCN1CCN(C(=O)C(C)NCc2ccc(S(N)(=O)=O)cc2)CC1. The quantitative estimate of drug-likeness (QED) is 0.748. The molecule has 2 rings (SSSR count). The number of sulfonamides is 1. The Morgan fingerprint density at radius 3 is 2.29 bits per heavy atom. The van der Waals surface area contributed by atoms with Gasteiger partial charge in [0.15, 0.2) is 0 Å². The zero-order valence-electron chi connectivity index (χ0n) is 14.2. The van der Waals surface area contributed by atoms with Crippen LogP contribution < -0.4 is 10.5 Å². The second-order valence-corrected chi connectivity index (χ2v) is 7.61. The van der Waals surface area contributed by atoms with Gasteiger partial charge in [-0.05, 0) is 31.2 Å². The normalized spacial score (nSPS) is 17.7. The molecule has 1 saturated heterocycles. The highest BCUT2D eigenvalue weighted by molar-refractivity contribution is 7.89. The van der Waals surface area contributed by atoms with Crippen LogP contribution in [0.4, 0.5) is 0 Å². The molecule has 7 nitrogen and oxygen atoms in total. The lowest BCUT2D eigenvalue weighted by Crippen LogP contribution is -2.53. The molecule has 0 aliphatic carbocycles. The third kappa shape index (κ3) is 5.01. The first kappa shape index (κ1) is 18.9. The molecule has 1 aromatic rings. The zero-order chi connectivity index (χ0) is 17.7. The fraction of sp³-hybridized carbons (Fsp3) is 0.562. The number of rotatable bonds is 6. The molecule has 0 aromatic heterocycles. The largest absolute Gasteiger partial charge is 0.339 e. The second kappa shape index (κ2) is 8.06. The average Bonchev–Trinajstić information content (AvgIpc) is 2.58. The van der Waals surface area contributed by atoms with Crippen LogP contribution in [0.3, 0.4) is 0 Å². The Bertz CT molecular complexity index is 652. The topological polar surface area (TPSA) is 95.7 Å². The molecule has 1 heterocycles. The second-order valence-electron chi connectivity index (χ2n) is 6.05. The number of benzene rings is 1. The van der Waals surface area contributed by atoms with Crippen LogP contribution in [0.1, 0.15) is 19.4 Å². The fourth-order valence-electron chi connectivity index (χ4n) is 2.71. The minimum absolute atomic E-state index is 0.0872. The van der Waals surface area contributed by atoms with Gasteiger partial charge in [-0.2, -0.15) is 0 Å². The predicted octanol–water partition coefficient (Wildman–Crippen LogP) is -0.0238. The smallest absolute Gasteiger partial charge is 0.239 e. The van der Waals surface area contributed by atoms with Crippen molar-refractivity contribution in [2.24, 2.45) is 5.14 Å². The van der Waals surface area contributed by atoms with Gasteiger partial charge in [0.1, 0.15) is 0 Å². The van der Waals surface area contributed by atoms with Crippen molar-refractivity contribution < 1.29 is 13.2 Å². The predicted molar refractivity (Wildman–Crippen MR) is 92.8 cm³/mol. The molecule has 0 radical (unpaired) electrons. The summed E-state index contributed by atoms with van der Waals surface area (Å²) in [7, 11) is -3.67.